The zero-order chi connectivity index (χ0) is 14.9. The molecule has 0 spiro atoms. The molecule has 21 heavy (non-hydrogen) atoms. The lowest BCUT2D eigenvalue weighted by Crippen LogP contribution is -2.30. The number of hydrogen-bond acceptors (Lipinski definition) is 2. The Morgan fingerprint density at radius 2 is 2.00 bits per heavy atom. The number of nitrogens with zero attached hydrogens (tertiary/aromatic N) is 1. The molecule has 0 bridgehead atoms. The molecule has 1 saturated heterocycles. The van der Waals surface area contributed by atoms with Crippen LogP contribution in [-0.4, -0.2) is 31.1 Å². The van der Waals surface area contributed by atoms with Crippen molar-refractivity contribution in [3.05, 3.63) is 42.0 Å². The van der Waals surface area contributed by atoms with Crippen molar-refractivity contribution in [2.45, 2.75) is 45.4 Å². The third kappa shape index (κ3) is 5.20. The molecule has 0 aliphatic carbocycles. The van der Waals surface area contributed by atoms with Crippen molar-refractivity contribution >= 4 is 0 Å². The van der Waals surface area contributed by atoms with Gasteiger partial charge in [-0.2, -0.15) is 0 Å². The van der Waals surface area contributed by atoms with Gasteiger partial charge in [-0.1, -0.05) is 30.7 Å². The van der Waals surface area contributed by atoms with Crippen LogP contribution in [0.15, 0.2) is 30.9 Å². The summed E-state index contributed by atoms with van der Waals surface area (Å²) in [5, 5.41) is 0. The summed E-state index contributed by atoms with van der Waals surface area (Å²) in [6.45, 7) is 10.6. The molecule has 2 heteroatoms. The Labute approximate surface area is 129 Å². The molecule has 2 nitrogen and oxygen atoms in total. The summed E-state index contributed by atoms with van der Waals surface area (Å²) in [7, 11) is 0. The van der Waals surface area contributed by atoms with Crippen LogP contribution in [0.5, 0.6) is 5.75 Å². The van der Waals surface area contributed by atoms with Gasteiger partial charge >= 0.3 is 0 Å². The molecule has 2 rings (SSSR count). The standard InChI is InChI=1S/C19H29NO/c1-3-10-18-12-9-11-17(2)19(18)21-16-8-7-15-20-13-5-4-6-14-20/h3,9,11-12H,1,4-8,10,13-16H2,2H3. The van der Waals surface area contributed by atoms with Gasteiger partial charge in [0.1, 0.15) is 5.75 Å². The van der Waals surface area contributed by atoms with Crippen LogP contribution >= 0.6 is 0 Å². The summed E-state index contributed by atoms with van der Waals surface area (Å²) in [5.41, 5.74) is 2.48. The van der Waals surface area contributed by atoms with E-state index in [1.165, 1.54) is 56.4 Å². The summed E-state index contributed by atoms with van der Waals surface area (Å²) in [6.07, 6.45) is 9.37. The fraction of sp³-hybridized carbons (Fsp3) is 0.579. The molecular weight excluding hydrogens is 258 g/mol. The SMILES string of the molecule is C=CCc1cccc(C)c1OCCCCN1CCCCC1. The number of benzene rings is 1. The van der Waals surface area contributed by atoms with E-state index in [-0.39, 0.29) is 0 Å². The summed E-state index contributed by atoms with van der Waals surface area (Å²) in [6, 6.07) is 6.35. The van der Waals surface area contributed by atoms with Crippen molar-refractivity contribution in [3.63, 3.8) is 0 Å². The third-order valence-electron chi connectivity index (χ3n) is 4.22. The zero-order valence-corrected chi connectivity index (χ0v) is 13.4. The van der Waals surface area contributed by atoms with Crippen molar-refractivity contribution in [3.8, 4) is 5.75 Å². The predicted molar refractivity (Wildman–Crippen MR) is 90.1 cm³/mol. The molecule has 0 saturated carbocycles. The number of rotatable bonds is 8. The minimum Gasteiger partial charge on any atom is -0.493 e. The summed E-state index contributed by atoms with van der Waals surface area (Å²) >= 11 is 0. The molecule has 1 aromatic carbocycles. The highest BCUT2D eigenvalue weighted by molar-refractivity contribution is 5.41. The fourth-order valence-electron chi connectivity index (χ4n) is 3.03. The Hall–Kier alpha value is -1.28. The van der Waals surface area contributed by atoms with E-state index >= 15 is 0 Å². The van der Waals surface area contributed by atoms with E-state index in [2.05, 4.69) is 36.6 Å². The monoisotopic (exact) mass is 287 g/mol. The molecule has 0 amide bonds. The van der Waals surface area contributed by atoms with E-state index in [1.807, 2.05) is 6.08 Å². The maximum Gasteiger partial charge on any atom is 0.125 e. The van der Waals surface area contributed by atoms with E-state index in [4.69, 9.17) is 4.74 Å². The Morgan fingerprint density at radius 1 is 1.19 bits per heavy atom. The van der Waals surface area contributed by atoms with Gasteiger partial charge in [-0.15, -0.1) is 6.58 Å². The van der Waals surface area contributed by atoms with Gasteiger partial charge in [0.25, 0.3) is 0 Å². The Kier molecular flexibility index (Phi) is 6.81. The highest BCUT2D eigenvalue weighted by atomic mass is 16.5. The van der Waals surface area contributed by atoms with E-state index in [0.717, 1.165) is 25.2 Å². The van der Waals surface area contributed by atoms with Crippen LogP contribution in [0.2, 0.25) is 0 Å². The fourth-order valence-corrected chi connectivity index (χ4v) is 3.03. The largest absolute Gasteiger partial charge is 0.493 e. The van der Waals surface area contributed by atoms with Crippen LogP contribution in [0.3, 0.4) is 0 Å². The van der Waals surface area contributed by atoms with Gasteiger partial charge < -0.3 is 9.64 Å². The zero-order valence-electron chi connectivity index (χ0n) is 13.4. The third-order valence-corrected chi connectivity index (χ3v) is 4.22. The number of ether oxygens (including phenoxy) is 1. The number of piperidine rings is 1. The second-order valence-electron chi connectivity index (χ2n) is 6.01. The molecule has 1 fully saturated rings. The lowest BCUT2D eigenvalue weighted by Gasteiger charge is -2.26. The Balaban J connectivity index is 1.71. The quantitative estimate of drug-likeness (QED) is 0.520. The molecule has 116 valence electrons. The van der Waals surface area contributed by atoms with Crippen LogP contribution in [0.1, 0.15) is 43.2 Å². The summed E-state index contributed by atoms with van der Waals surface area (Å²) < 4.78 is 6.04. The molecule has 1 aliphatic heterocycles. The number of aryl methyl sites for hydroxylation is 1. The molecular formula is C19H29NO. The van der Waals surface area contributed by atoms with Crippen LogP contribution < -0.4 is 4.74 Å². The number of para-hydroxylation sites is 1. The van der Waals surface area contributed by atoms with Crippen LogP contribution in [0.4, 0.5) is 0 Å². The average molecular weight is 287 g/mol. The molecule has 0 unspecified atom stereocenters. The maximum absolute atomic E-state index is 6.04. The summed E-state index contributed by atoms with van der Waals surface area (Å²) in [5.74, 6) is 1.07. The van der Waals surface area contributed by atoms with Crippen molar-refractivity contribution in [2.24, 2.45) is 0 Å². The van der Waals surface area contributed by atoms with Gasteiger partial charge in [-0.05, 0) is 69.8 Å². The van der Waals surface area contributed by atoms with E-state index in [0.29, 0.717) is 0 Å². The smallest absolute Gasteiger partial charge is 0.125 e. The minimum atomic E-state index is 0.822. The Bertz CT molecular complexity index is 435. The van der Waals surface area contributed by atoms with Crippen molar-refractivity contribution in [1.82, 2.24) is 4.90 Å². The molecule has 0 aromatic heterocycles. The minimum absolute atomic E-state index is 0.822. The highest BCUT2D eigenvalue weighted by Gasteiger charge is 2.09. The molecule has 1 aromatic rings. The first-order valence-corrected chi connectivity index (χ1v) is 8.36. The molecule has 0 atom stereocenters. The number of hydrogen-bond donors (Lipinski definition) is 0. The summed E-state index contributed by atoms with van der Waals surface area (Å²) in [4.78, 5) is 2.60. The molecule has 0 N–H and O–H groups in total. The van der Waals surface area contributed by atoms with Crippen molar-refractivity contribution < 1.29 is 4.74 Å². The second-order valence-corrected chi connectivity index (χ2v) is 6.01. The van der Waals surface area contributed by atoms with Gasteiger partial charge in [0, 0.05) is 0 Å². The van der Waals surface area contributed by atoms with Crippen molar-refractivity contribution in [1.29, 1.82) is 0 Å². The topological polar surface area (TPSA) is 12.5 Å². The molecule has 1 aliphatic rings. The van der Waals surface area contributed by atoms with E-state index < -0.39 is 0 Å². The predicted octanol–water partition coefficient (Wildman–Crippen LogP) is 4.37. The Morgan fingerprint density at radius 3 is 2.76 bits per heavy atom. The average Bonchev–Trinajstić information content (AvgIpc) is 2.51. The lowest BCUT2D eigenvalue weighted by molar-refractivity contribution is 0.215. The molecule has 1 heterocycles. The van der Waals surface area contributed by atoms with Gasteiger partial charge in [0.2, 0.25) is 0 Å². The van der Waals surface area contributed by atoms with Crippen molar-refractivity contribution in [2.75, 3.05) is 26.2 Å². The van der Waals surface area contributed by atoms with Gasteiger partial charge in [-0.25, -0.2) is 0 Å². The van der Waals surface area contributed by atoms with Crippen LogP contribution in [-0.2, 0) is 6.42 Å². The number of unbranched alkanes of at least 4 members (excludes halogenated alkanes) is 1. The van der Waals surface area contributed by atoms with Gasteiger partial charge in [0.05, 0.1) is 6.61 Å². The van der Waals surface area contributed by atoms with E-state index in [1.54, 1.807) is 0 Å². The van der Waals surface area contributed by atoms with Crippen LogP contribution in [0, 0.1) is 6.92 Å². The second kappa shape index (κ2) is 8.89. The first-order chi connectivity index (χ1) is 10.3. The van der Waals surface area contributed by atoms with E-state index in [9.17, 15) is 0 Å². The number of likely N-dealkylation sites (tertiary alicyclic amines) is 1. The maximum atomic E-state index is 6.04. The first-order valence-electron chi connectivity index (χ1n) is 8.36. The normalized spacial score (nSPS) is 15.9. The van der Waals surface area contributed by atoms with Crippen LogP contribution in [0.25, 0.3) is 0 Å². The lowest BCUT2D eigenvalue weighted by atomic mass is 10.1. The highest BCUT2D eigenvalue weighted by Crippen LogP contribution is 2.24. The molecule has 0 radical (unpaired) electrons. The first kappa shape index (κ1) is 16.1. The van der Waals surface area contributed by atoms with Gasteiger partial charge in [0.15, 0.2) is 0 Å². The van der Waals surface area contributed by atoms with Gasteiger partial charge in [-0.3, -0.25) is 0 Å². The number of allylic oxidation sites excluding steroid dienone is 1.